The Morgan fingerprint density at radius 1 is 1.10 bits per heavy atom. The van der Waals surface area contributed by atoms with E-state index in [-0.39, 0.29) is 6.61 Å². The van der Waals surface area contributed by atoms with Gasteiger partial charge in [-0.05, 0) is 17.2 Å². The fraction of sp³-hybridized carbons (Fsp3) is 0.188. The minimum absolute atomic E-state index is 0.0912. The second-order valence-corrected chi connectivity index (χ2v) is 4.82. The van der Waals surface area contributed by atoms with Crippen molar-refractivity contribution in [2.45, 2.75) is 12.5 Å². The van der Waals surface area contributed by atoms with E-state index in [1.807, 2.05) is 30.3 Å². The predicted molar refractivity (Wildman–Crippen MR) is 77.9 cm³/mol. The van der Waals surface area contributed by atoms with E-state index < -0.39 is 11.9 Å². The Morgan fingerprint density at radius 3 is 2.40 bits per heavy atom. The molecule has 4 heteroatoms. The van der Waals surface area contributed by atoms with Crippen molar-refractivity contribution >= 4 is 17.6 Å². The standard InChI is InChI=1S/C16H15ClO3/c17-15-9-5-4-8-13(15)14(16(18)19)11-20-10-12-6-2-1-3-7-12/h1-9,14H,10-11H2,(H,18,19). The lowest BCUT2D eigenvalue weighted by Crippen LogP contribution is -2.18. The molecule has 2 aromatic carbocycles. The molecular formula is C16H15ClO3. The minimum atomic E-state index is -0.939. The first-order chi connectivity index (χ1) is 9.68. The van der Waals surface area contributed by atoms with E-state index in [2.05, 4.69) is 0 Å². The van der Waals surface area contributed by atoms with Gasteiger partial charge >= 0.3 is 5.97 Å². The normalized spacial score (nSPS) is 12.1. The molecule has 20 heavy (non-hydrogen) atoms. The molecule has 0 heterocycles. The van der Waals surface area contributed by atoms with E-state index in [0.29, 0.717) is 17.2 Å². The van der Waals surface area contributed by atoms with Crippen LogP contribution in [-0.4, -0.2) is 17.7 Å². The van der Waals surface area contributed by atoms with E-state index in [1.165, 1.54) is 0 Å². The van der Waals surface area contributed by atoms with Crippen LogP contribution in [0.3, 0.4) is 0 Å². The van der Waals surface area contributed by atoms with Gasteiger partial charge in [0.1, 0.15) is 5.92 Å². The maximum atomic E-state index is 11.4. The third kappa shape index (κ3) is 3.83. The molecule has 3 nitrogen and oxygen atoms in total. The summed E-state index contributed by atoms with van der Waals surface area (Å²) in [5.41, 5.74) is 1.59. The molecule has 2 aromatic rings. The minimum Gasteiger partial charge on any atom is -0.481 e. The number of rotatable bonds is 6. The summed E-state index contributed by atoms with van der Waals surface area (Å²) in [4.78, 5) is 11.4. The zero-order chi connectivity index (χ0) is 14.4. The average molecular weight is 291 g/mol. The molecule has 0 aliphatic heterocycles. The summed E-state index contributed by atoms with van der Waals surface area (Å²) in [6, 6.07) is 16.6. The first kappa shape index (κ1) is 14.6. The van der Waals surface area contributed by atoms with E-state index in [9.17, 15) is 9.90 Å². The summed E-state index contributed by atoms with van der Waals surface area (Å²) in [5.74, 6) is -1.70. The van der Waals surface area contributed by atoms with Crippen LogP contribution in [-0.2, 0) is 16.1 Å². The second-order valence-electron chi connectivity index (χ2n) is 4.41. The number of carbonyl (C=O) groups is 1. The van der Waals surface area contributed by atoms with Crippen molar-refractivity contribution in [3.05, 3.63) is 70.7 Å². The molecule has 0 spiro atoms. The van der Waals surface area contributed by atoms with Crippen LogP contribution < -0.4 is 0 Å². The molecule has 0 bridgehead atoms. The summed E-state index contributed by atoms with van der Waals surface area (Å²) >= 11 is 6.04. The highest BCUT2D eigenvalue weighted by Crippen LogP contribution is 2.25. The SMILES string of the molecule is O=C(O)C(COCc1ccccc1)c1ccccc1Cl. The van der Waals surface area contributed by atoms with Crippen LogP contribution in [0.25, 0.3) is 0 Å². The van der Waals surface area contributed by atoms with Crippen LogP contribution in [0, 0.1) is 0 Å². The molecule has 0 aliphatic carbocycles. The van der Waals surface area contributed by atoms with Crippen LogP contribution in [0.15, 0.2) is 54.6 Å². The van der Waals surface area contributed by atoms with Crippen molar-refractivity contribution in [3.63, 3.8) is 0 Å². The quantitative estimate of drug-likeness (QED) is 0.882. The van der Waals surface area contributed by atoms with Crippen LogP contribution in [0.5, 0.6) is 0 Å². The van der Waals surface area contributed by atoms with Gasteiger partial charge in [-0.15, -0.1) is 0 Å². The first-order valence-corrected chi connectivity index (χ1v) is 6.65. The van der Waals surface area contributed by atoms with Crippen LogP contribution in [0.4, 0.5) is 0 Å². The van der Waals surface area contributed by atoms with Crippen molar-refractivity contribution < 1.29 is 14.6 Å². The number of halogens is 1. The van der Waals surface area contributed by atoms with Crippen molar-refractivity contribution in [2.24, 2.45) is 0 Å². The van der Waals surface area contributed by atoms with Crippen molar-refractivity contribution in [1.29, 1.82) is 0 Å². The second kappa shape index (κ2) is 7.08. The number of carboxylic acid groups (broad SMARTS) is 1. The molecule has 0 fully saturated rings. The third-order valence-corrected chi connectivity index (χ3v) is 3.32. The lowest BCUT2D eigenvalue weighted by atomic mass is 10.0. The third-order valence-electron chi connectivity index (χ3n) is 2.97. The molecule has 0 amide bonds. The summed E-state index contributed by atoms with van der Waals surface area (Å²) in [7, 11) is 0. The number of carboxylic acids is 1. The van der Waals surface area contributed by atoms with E-state index in [4.69, 9.17) is 16.3 Å². The summed E-state index contributed by atoms with van der Waals surface area (Å²) < 4.78 is 5.51. The Morgan fingerprint density at radius 2 is 1.75 bits per heavy atom. The molecular weight excluding hydrogens is 276 g/mol. The van der Waals surface area contributed by atoms with Gasteiger partial charge in [-0.2, -0.15) is 0 Å². The number of hydrogen-bond acceptors (Lipinski definition) is 2. The van der Waals surface area contributed by atoms with Crippen molar-refractivity contribution in [1.82, 2.24) is 0 Å². The molecule has 1 unspecified atom stereocenters. The molecule has 0 saturated carbocycles. The number of aliphatic carboxylic acids is 1. The maximum Gasteiger partial charge on any atom is 0.313 e. The molecule has 0 saturated heterocycles. The smallest absolute Gasteiger partial charge is 0.313 e. The Labute approximate surface area is 122 Å². The fourth-order valence-electron chi connectivity index (χ4n) is 1.92. The van der Waals surface area contributed by atoms with Crippen LogP contribution >= 0.6 is 11.6 Å². The van der Waals surface area contributed by atoms with Crippen molar-refractivity contribution in [2.75, 3.05) is 6.61 Å². The van der Waals surface area contributed by atoms with Crippen LogP contribution in [0.2, 0.25) is 5.02 Å². The number of benzene rings is 2. The van der Waals surface area contributed by atoms with Gasteiger partial charge in [-0.1, -0.05) is 60.1 Å². The predicted octanol–water partition coefficient (Wildman–Crippen LogP) is 3.73. The van der Waals surface area contributed by atoms with Gasteiger partial charge < -0.3 is 9.84 Å². The summed E-state index contributed by atoms with van der Waals surface area (Å²) in [5, 5.41) is 9.76. The number of hydrogen-bond donors (Lipinski definition) is 1. The topological polar surface area (TPSA) is 46.5 Å². The molecule has 1 N–H and O–H groups in total. The number of ether oxygens (including phenoxy) is 1. The lowest BCUT2D eigenvalue weighted by Gasteiger charge is -2.14. The van der Waals surface area contributed by atoms with Gasteiger partial charge in [-0.25, -0.2) is 0 Å². The highest BCUT2D eigenvalue weighted by atomic mass is 35.5. The highest BCUT2D eigenvalue weighted by Gasteiger charge is 2.22. The molecule has 0 aromatic heterocycles. The molecule has 0 radical (unpaired) electrons. The largest absolute Gasteiger partial charge is 0.481 e. The van der Waals surface area contributed by atoms with E-state index in [1.54, 1.807) is 24.3 Å². The monoisotopic (exact) mass is 290 g/mol. The molecule has 1 atom stereocenters. The molecule has 2 rings (SSSR count). The Kier molecular flexibility index (Phi) is 5.16. The summed E-state index contributed by atoms with van der Waals surface area (Å²) in [6.45, 7) is 0.475. The van der Waals surface area contributed by atoms with Gasteiger partial charge in [0, 0.05) is 5.02 Å². The van der Waals surface area contributed by atoms with Gasteiger partial charge in [0.2, 0.25) is 0 Å². The first-order valence-electron chi connectivity index (χ1n) is 6.27. The Hall–Kier alpha value is -1.84. The lowest BCUT2D eigenvalue weighted by molar-refractivity contribution is -0.140. The van der Waals surface area contributed by atoms with Gasteiger partial charge in [-0.3, -0.25) is 4.79 Å². The Bertz CT molecular complexity index is 569. The van der Waals surface area contributed by atoms with Gasteiger partial charge in [0.15, 0.2) is 0 Å². The van der Waals surface area contributed by atoms with Gasteiger partial charge in [0.05, 0.1) is 13.2 Å². The Balaban J connectivity index is 2.01. The fourth-order valence-corrected chi connectivity index (χ4v) is 2.19. The maximum absolute atomic E-state index is 11.4. The average Bonchev–Trinajstić information content (AvgIpc) is 2.45. The van der Waals surface area contributed by atoms with E-state index >= 15 is 0 Å². The zero-order valence-corrected chi connectivity index (χ0v) is 11.6. The van der Waals surface area contributed by atoms with E-state index in [0.717, 1.165) is 5.56 Å². The highest BCUT2D eigenvalue weighted by molar-refractivity contribution is 6.31. The summed E-state index contributed by atoms with van der Waals surface area (Å²) in [6.07, 6.45) is 0. The van der Waals surface area contributed by atoms with Gasteiger partial charge in [0.25, 0.3) is 0 Å². The van der Waals surface area contributed by atoms with Crippen LogP contribution in [0.1, 0.15) is 17.0 Å². The zero-order valence-electron chi connectivity index (χ0n) is 10.8. The molecule has 0 aliphatic rings. The van der Waals surface area contributed by atoms with Crippen molar-refractivity contribution in [3.8, 4) is 0 Å². The molecule has 104 valence electrons.